The van der Waals surface area contributed by atoms with Gasteiger partial charge in [-0.05, 0) is 88.4 Å². The minimum absolute atomic E-state index is 0.0540. The quantitative estimate of drug-likeness (QED) is 0.152. The minimum atomic E-state index is -1.15. The number of aromatic hydroxyl groups is 1. The number of nitrogens with zero attached hydrogens (tertiary/aromatic N) is 1. The van der Waals surface area contributed by atoms with Gasteiger partial charge in [-0.1, -0.05) is 60.7 Å². The molecule has 4 amide bonds. The lowest BCUT2D eigenvalue weighted by Gasteiger charge is -2.31. The highest BCUT2D eigenvalue weighted by molar-refractivity contribution is 5.85. The van der Waals surface area contributed by atoms with Crippen molar-refractivity contribution in [2.45, 2.75) is 84.5 Å². The van der Waals surface area contributed by atoms with Crippen LogP contribution < -0.4 is 16.0 Å². The Hall–Kier alpha value is -5.06. The van der Waals surface area contributed by atoms with E-state index in [2.05, 4.69) is 16.0 Å². The molecule has 0 heterocycles. The molecule has 0 aromatic heterocycles. The van der Waals surface area contributed by atoms with Crippen LogP contribution in [-0.4, -0.2) is 63.3 Å². The van der Waals surface area contributed by atoms with Gasteiger partial charge in [0.2, 0.25) is 11.8 Å². The number of carboxylic acid groups (broad SMARTS) is 1. The summed E-state index contributed by atoms with van der Waals surface area (Å²) in [6, 6.07) is 20.5. The van der Waals surface area contributed by atoms with Gasteiger partial charge in [0.25, 0.3) is 0 Å². The molecule has 11 heteroatoms. The predicted octanol–water partition coefficient (Wildman–Crippen LogP) is 5.94. The van der Waals surface area contributed by atoms with Crippen LogP contribution in [0.25, 0.3) is 0 Å². The molecule has 0 saturated heterocycles. The molecule has 11 nitrogen and oxygen atoms in total. The van der Waals surface area contributed by atoms with Gasteiger partial charge in [0.15, 0.2) is 0 Å². The van der Waals surface area contributed by atoms with E-state index in [1.54, 1.807) is 84.9 Å². The number of benzene rings is 3. The highest BCUT2D eigenvalue weighted by atomic mass is 16.6. The van der Waals surface area contributed by atoms with Crippen molar-refractivity contribution in [3.05, 3.63) is 101 Å². The summed E-state index contributed by atoms with van der Waals surface area (Å²) in [7, 11) is 0. The van der Waals surface area contributed by atoms with Crippen molar-refractivity contribution in [2.24, 2.45) is 0 Å². The van der Waals surface area contributed by atoms with E-state index < -0.39 is 35.3 Å². The standard InChI is InChI=1S/C37H48N4O7/c1-24-18-28(42)19-25(2)32(24)30(39-34(45)48-36(3,4)5)20-31(43)38-23-37(6,7)40-33(44)29(27-16-12-9-13-17-27)22-41(35(46)47)21-26-14-10-8-11-15-26/h8-19,29-30,42H,20-23H2,1-7H3,(H,38,43)(H,39,45)(H,40,44)(H,46,47). The van der Waals surface area contributed by atoms with Gasteiger partial charge in [0, 0.05) is 19.6 Å². The molecule has 0 aliphatic heterocycles. The molecule has 0 aliphatic carbocycles. The Balaban J connectivity index is 1.74. The first-order chi connectivity index (χ1) is 22.4. The Kier molecular flexibility index (Phi) is 12.6. The number of hydrogen-bond donors (Lipinski definition) is 5. The van der Waals surface area contributed by atoms with Crippen molar-refractivity contribution in [1.82, 2.24) is 20.9 Å². The van der Waals surface area contributed by atoms with Gasteiger partial charge in [0.1, 0.15) is 11.4 Å². The second-order valence-corrected chi connectivity index (χ2v) is 13.7. The van der Waals surface area contributed by atoms with Crippen LogP contribution in [-0.2, 0) is 20.9 Å². The Morgan fingerprint density at radius 2 is 1.44 bits per heavy atom. The molecular formula is C37H48N4O7. The number of ether oxygens (including phenoxy) is 1. The Labute approximate surface area is 282 Å². The molecule has 3 rings (SSSR count). The number of phenols is 1. The fourth-order valence-corrected chi connectivity index (χ4v) is 5.48. The monoisotopic (exact) mass is 660 g/mol. The number of amides is 4. The van der Waals surface area contributed by atoms with Crippen LogP contribution in [0.3, 0.4) is 0 Å². The summed E-state index contributed by atoms with van der Waals surface area (Å²) in [5.74, 6) is -1.51. The Morgan fingerprint density at radius 3 is 1.98 bits per heavy atom. The van der Waals surface area contributed by atoms with Crippen molar-refractivity contribution in [1.29, 1.82) is 0 Å². The summed E-state index contributed by atoms with van der Waals surface area (Å²) in [6.45, 7) is 12.4. The highest BCUT2D eigenvalue weighted by Gasteiger charge is 2.31. The van der Waals surface area contributed by atoms with Crippen molar-refractivity contribution < 1.29 is 34.1 Å². The third-order valence-electron chi connectivity index (χ3n) is 7.60. The summed E-state index contributed by atoms with van der Waals surface area (Å²) in [4.78, 5) is 53.3. The smallest absolute Gasteiger partial charge is 0.408 e. The molecule has 0 aliphatic rings. The second-order valence-electron chi connectivity index (χ2n) is 13.7. The molecular weight excluding hydrogens is 612 g/mol. The molecule has 48 heavy (non-hydrogen) atoms. The molecule has 2 unspecified atom stereocenters. The molecule has 2 atom stereocenters. The van der Waals surface area contributed by atoms with Crippen LogP contribution in [0.2, 0.25) is 0 Å². The van der Waals surface area contributed by atoms with E-state index in [9.17, 15) is 29.4 Å². The minimum Gasteiger partial charge on any atom is -0.508 e. The van der Waals surface area contributed by atoms with Crippen LogP contribution in [0.4, 0.5) is 9.59 Å². The zero-order chi connectivity index (χ0) is 35.6. The van der Waals surface area contributed by atoms with Crippen LogP contribution in [0.5, 0.6) is 5.75 Å². The second kappa shape index (κ2) is 16.2. The third-order valence-corrected chi connectivity index (χ3v) is 7.60. The number of phenolic OH excluding ortho intramolecular Hbond substituents is 1. The maximum atomic E-state index is 13.8. The molecule has 258 valence electrons. The Morgan fingerprint density at radius 1 is 0.875 bits per heavy atom. The summed E-state index contributed by atoms with van der Waals surface area (Å²) in [5.41, 5.74) is 1.86. The highest BCUT2D eigenvalue weighted by Crippen LogP contribution is 2.29. The summed E-state index contributed by atoms with van der Waals surface area (Å²) < 4.78 is 5.45. The average Bonchev–Trinajstić information content (AvgIpc) is 2.97. The van der Waals surface area contributed by atoms with Gasteiger partial charge in [-0.15, -0.1) is 0 Å². The molecule has 0 fully saturated rings. The molecule has 0 bridgehead atoms. The first kappa shape index (κ1) is 37.4. The van der Waals surface area contributed by atoms with E-state index >= 15 is 0 Å². The molecule has 0 radical (unpaired) electrons. The number of hydrogen-bond acceptors (Lipinski definition) is 6. The van der Waals surface area contributed by atoms with E-state index in [1.165, 1.54) is 4.90 Å². The van der Waals surface area contributed by atoms with E-state index in [-0.39, 0.29) is 43.6 Å². The number of carbonyl (C=O) groups excluding carboxylic acids is 3. The SMILES string of the molecule is Cc1cc(O)cc(C)c1C(CC(=O)NCC(C)(C)NC(=O)C(CN(Cc1ccccc1)C(=O)O)c1ccccc1)NC(=O)OC(C)(C)C. The van der Waals surface area contributed by atoms with Gasteiger partial charge < -0.3 is 35.8 Å². The van der Waals surface area contributed by atoms with Crippen LogP contribution >= 0.6 is 0 Å². The summed E-state index contributed by atoms with van der Waals surface area (Å²) in [6.07, 6.45) is -1.96. The number of aryl methyl sites for hydroxylation is 2. The van der Waals surface area contributed by atoms with Gasteiger partial charge in [0.05, 0.1) is 23.9 Å². The molecule has 3 aromatic carbocycles. The maximum absolute atomic E-state index is 13.8. The number of rotatable bonds is 13. The van der Waals surface area contributed by atoms with E-state index in [4.69, 9.17) is 4.74 Å². The topological polar surface area (TPSA) is 157 Å². The van der Waals surface area contributed by atoms with Crippen molar-refractivity contribution >= 4 is 24.0 Å². The Bertz CT molecular complexity index is 1550. The lowest BCUT2D eigenvalue weighted by molar-refractivity contribution is -0.126. The number of nitrogens with one attached hydrogen (secondary N) is 3. The molecule has 0 spiro atoms. The molecule has 3 aromatic rings. The van der Waals surface area contributed by atoms with Crippen molar-refractivity contribution in [3.63, 3.8) is 0 Å². The van der Waals surface area contributed by atoms with Gasteiger partial charge in [-0.2, -0.15) is 0 Å². The fourth-order valence-electron chi connectivity index (χ4n) is 5.48. The van der Waals surface area contributed by atoms with Crippen LogP contribution in [0.1, 0.15) is 80.8 Å². The van der Waals surface area contributed by atoms with Gasteiger partial charge >= 0.3 is 12.2 Å². The maximum Gasteiger partial charge on any atom is 0.408 e. The zero-order valence-corrected chi connectivity index (χ0v) is 28.8. The first-order valence-electron chi connectivity index (χ1n) is 15.9. The van der Waals surface area contributed by atoms with Gasteiger partial charge in [-0.25, -0.2) is 9.59 Å². The fraction of sp³-hybridized carbons (Fsp3) is 0.405. The summed E-state index contributed by atoms with van der Waals surface area (Å²) in [5, 5.41) is 28.7. The van der Waals surface area contributed by atoms with E-state index in [1.807, 2.05) is 36.4 Å². The predicted molar refractivity (Wildman–Crippen MR) is 184 cm³/mol. The van der Waals surface area contributed by atoms with Crippen LogP contribution in [0.15, 0.2) is 72.8 Å². The summed E-state index contributed by atoms with van der Waals surface area (Å²) >= 11 is 0. The largest absolute Gasteiger partial charge is 0.508 e. The molecule has 0 saturated carbocycles. The van der Waals surface area contributed by atoms with Gasteiger partial charge in [-0.3, -0.25) is 9.59 Å². The zero-order valence-electron chi connectivity index (χ0n) is 28.8. The van der Waals surface area contributed by atoms with E-state index in [0.29, 0.717) is 22.3 Å². The van der Waals surface area contributed by atoms with Crippen molar-refractivity contribution in [3.8, 4) is 5.75 Å². The normalized spacial score (nSPS) is 12.7. The van der Waals surface area contributed by atoms with Crippen molar-refractivity contribution in [2.75, 3.05) is 13.1 Å². The van der Waals surface area contributed by atoms with Crippen LogP contribution in [0, 0.1) is 13.8 Å². The van der Waals surface area contributed by atoms with E-state index in [0.717, 1.165) is 5.56 Å². The third kappa shape index (κ3) is 11.6. The molecule has 5 N–H and O–H groups in total. The first-order valence-corrected chi connectivity index (χ1v) is 15.9. The average molecular weight is 661 g/mol. The number of alkyl carbamates (subject to hydrolysis) is 1. The lowest BCUT2D eigenvalue weighted by atomic mass is 9.93. The lowest BCUT2D eigenvalue weighted by Crippen LogP contribution is -2.54. The number of carbonyl (C=O) groups is 4.